The van der Waals surface area contributed by atoms with E-state index in [0.717, 1.165) is 5.56 Å². The van der Waals surface area contributed by atoms with Crippen LogP contribution in [0.1, 0.15) is 43.9 Å². The van der Waals surface area contributed by atoms with E-state index < -0.39 is 6.10 Å². The lowest BCUT2D eigenvalue weighted by Crippen LogP contribution is -2.00. The Hall–Kier alpha value is -0.410. The highest BCUT2D eigenvalue weighted by molar-refractivity contribution is 9.10. The predicted octanol–water partition coefficient (Wildman–Crippen LogP) is 3.76. The molecule has 1 N–H and O–H groups in total. The molecule has 0 amide bonds. The number of halogens is 2. The lowest BCUT2D eigenvalue weighted by atomic mass is 9.99. The second-order valence-corrected chi connectivity index (χ2v) is 4.59. The second-order valence-electron chi connectivity index (χ2n) is 3.74. The molecule has 0 aliphatic rings. The molecule has 0 saturated heterocycles. The highest BCUT2D eigenvalue weighted by Crippen LogP contribution is 2.28. The van der Waals surface area contributed by atoms with Crippen LogP contribution in [0, 0.1) is 5.82 Å². The van der Waals surface area contributed by atoms with Crippen molar-refractivity contribution in [2.75, 3.05) is 0 Å². The third-order valence-corrected chi connectivity index (χ3v) is 2.77. The number of hydrogen-bond donors (Lipinski definition) is 1. The number of aliphatic hydroxyl groups is 1. The standard InChI is InChI=1S/C11H14BrFO/c1-6(2)8-4-9(7(3)14)11(13)10(12)5-8/h4-7,14H,1-3H3. The molecular weight excluding hydrogens is 247 g/mol. The third-order valence-electron chi connectivity index (χ3n) is 2.20. The van der Waals surface area contributed by atoms with Gasteiger partial charge in [-0.25, -0.2) is 4.39 Å². The van der Waals surface area contributed by atoms with Crippen LogP contribution in [0.2, 0.25) is 0 Å². The summed E-state index contributed by atoms with van der Waals surface area (Å²) in [4.78, 5) is 0. The summed E-state index contributed by atoms with van der Waals surface area (Å²) in [6.07, 6.45) is -0.773. The lowest BCUT2D eigenvalue weighted by Gasteiger charge is -2.12. The first-order valence-electron chi connectivity index (χ1n) is 4.60. The van der Waals surface area contributed by atoms with Gasteiger partial charge in [0, 0.05) is 5.56 Å². The van der Waals surface area contributed by atoms with Crippen molar-refractivity contribution in [3.8, 4) is 0 Å². The summed E-state index contributed by atoms with van der Waals surface area (Å²) >= 11 is 3.15. The summed E-state index contributed by atoms with van der Waals surface area (Å²) < 4.78 is 13.9. The fourth-order valence-electron chi connectivity index (χ4n) is 1.27. The highest BCUT2D eigenvalue weighted by atomic mass is 79.9. The van der Waals surface area contributed by atoms with Crippen LogP contribution < -0.4 is 0 Å². The van der Waals surface area contributed by atoms with Gasteiger partial charge in [-0.1, -0.05) is 13.8 Å². The SMILES string of the molecule is CC(C)c1cc(Br)c(F)c(C(C)O)c1. The van der Waals surface area contributed by atoms with Crippen molar-refractivity contribution < 1.29 is 9.50 Å². The van der Waals surface area contributed by atoms with Gasteiger partial charge in [-0.05, 0) is 46.5 Å². The van der Waals surface area contributed by atoms with E-state index in [4.69, 9.17) is 0 Å². The topological polar surface area (TPSA) is 20.2 Å². The van der Waals surface area contributed by atoms with Gasteiger partial charge >= 0.3 is 0 Å². The van der Waals surface area contributed by atoms with Crippen LogP contribution in [0.25, 0.3) is 0 Å². The van der Waals surface area contributed by atoms with E-state index in [-0.39, 0.29) is 5.82 Å². The minimum atomic E-state index is -0.773. The zero-order valence-corrected chi connectivity index (χ0v) is 10.1. The Morgan fingerprint density at radius 3 is 2.29 bits per heavy atom. The largest absolute Gasteiger partial charge is 0.389 e. The van der Waals surface area contributed by atoms with E-state index in [1.807, 2.05) is 13.8 Å². The molecule has 0 aliphatic carbocycles. The molecular formula is C11H14BrFO. The molecule has 78 valence electrons. The van der Waals surface area contributed by atoms with Crippen molar-refractivity contribution in [2.45, 2.75) is 32.8 Å². The van der Waals surface area contributed by atoms with Crippen LogP contribution in [-0.4, -0.2) is 5.11 Å². The Labute approximate surface area is 92.1 Å². The second kappa shape index (κ2) is 4.41. The van der Waals surface area contributed by atoms with Crippen molar-refractivity contribution in [3.63, 3.8) is 0 Å². The molecule has 1 unspecified atom stereocenters. The Bertz CT molecular complexity index is 334. The molecule has 0 saturated carbocycles. The van der Waals surface area contributed by atoms with Gasteiger partial charge in [-0.3, -0.25) is 0 Å². The van der Waals surface area contributed by atoms with Crippen LogP contribution in [-0.2, 0) is 0 Å². The van der Waals surface area contributed by atoms with Gasteiger partial charge in [-0.2, -0.15) is 0 Å². The van der Waals surface area contributed by atoms with E-state index >= 15 is 0 Å². The maximum absolute atomic E-state index is 13.5. The molecule has 1 atom stereocenters. The van der Waals surface area contributed by atoms with Gasteiger partial charge in [0.15, 0.2) is 0 Å². The van der Waals surface area contributed by atoms with Crippen LogP contribution in [0.15, 0.2) is 16.6 Å². The Kier molecular flexibility index (Phi) is 3.67. The average molecular weight is 261 g/mol. The smallest absolute Gasteiger partial charge is 0.143 e. The fourth-order valence-corrected chi connectivity index (χ4v) is 1.76. The Morgan fingerprint density at radius 2 is 1.86 bits per heavy atom. The number of rotatable bonds is 2. The first kappa shape index (κ1) is 11.7. The van der Waals surface area contributed by atoms with Crippen molar-refractivity contribution in [3.05, 3.63) is 33.5 Å². The highest BCUT2D eigenvalue weighted by Gasteiger charge is 2.14. The number of aliphatic hydroxyl groups excluding tert-OH is 1. The predicted molar refractivity (Wildman–Crippen MR) is 58.8 cm³/mol. The lowest BCUT2D eigenvalue weighted by molar-refractivity contribution is 0.194. The maximum atomic E-state index is 13.5. The molecule has 1 aromatic carbocycles. The third kappa shape index (κ3) is 2.34. The van der Waals surface area contributed by atoms with Crippen molar-refractivity contribution in [2.24, 2.45) is 0 Å². The molecule has 0 spiro atoms. The minimum Gasteiger partial charge on any atom is -0.389 e. The van der Waals surface area contributed by atoms with E-state index in [2.05, 4.69) is 15.9 Å². The molecule has 1 nitrogen and oxygen atoms in total. The summed E-state index contributed by atoms with van der Waals surface area (Å²) in [6, 6.07) is 3.47. The zero-order valence-electron chi connectivity index (χ0n) is 8.51. The van der Waals surface area contributed by atoms with Crippen LogP contribution in [0.3, 0.4) is 0 Å². The van der Waals surface area contributed by atoms with Crippen LogP contribution in [0.4, 0.5) is 4.39 Å². The van der Waals surface area contributed by atoms with Gasteiger partial charge in [0.25, 0.3) is 0 Å². The van der Waals surface area contributed by atoms with Crippen LogP contribution in [0.5, 0.6) is 0 Å². The first-order valence-corrected chi connectivity index (χ1v) is 5.39. The Balaban J connectivity index is 3.28. The van der Waals surface area contributed by atoms with Gasteiger partial charge < -0.3 is 5.11 Å². The number of hydrogen-bond acceptors (Lipinski definition) is 1. The van der Waals surface area contributed by atoms with E-state index in [9.17, 15) is 9.50 Å². The minimum absolute atomic E-state index is 0.324. The van der Waals surface area contributed by atoms with Crippen molar-refractivity contribution in [1.82, 2.24) is 0 Å². The summed E-state index contributed by atoms with van der Waals surface area (Å²) in [6.45, 7) is 5.63. The molecule has 0 heterocycles. The summed E-state index contributed by atoms with van der Waals surface area (Å²) in [5.74, 6) is -0.0474. The summed E-state index contributed by atoms with van der Waals surface area (Å²) in [5, 5.41) is 9.37. The zero-order chi connectivity index (χ0) is 10.9. The monoisotopic (exact) mass is 260 g/mol. The quantitative estimate of drug-likeness (QED) is 0.859. The van der Waals surface area contributed by atoms with E-state index in [1.54, 1.807) is 19.1 Å². The molecule has 1 rings (SSSR count). The molecule has 1 aromatic rings. The van der Waals surface area contributed by atoms with Crippen molar-refractivity contribution >= 4 is 15.9 Å². The fraction of sp³-hybridized carbons (Fsp3) is 0.455. The molecule has 0 aromatic heterocycles. The normalized spacial score (nSPS) is 13.4. The molecule has 3 heteroatoms. The van der Waals surface area contributed by atoms with E-state index in [1.165, 1.54) is 0 Å². The van der Waals surface area contributed by atoms with E-state index in [0.29, 0.717) is 16.0 Å². The summed E-state index contributed by atoms with van der Waals surface area (Å²) in [5.41, 5.74) is 1.37. The average Bonchev–Trinajstić information content (AvgIpc) is 2.08. The van der Waals surface area contributed by atoms with Crippen LogP contribution >= 0.6 is 15.9 Å². The van der Waals surface area contributed by atoms with Gasteiger partial charge in [0.2, 0.25) is 0 Å². The Morgan fingerprint density at radius 1 is 1.29 bits per heavy atom. The first-order chi connectivity index (χ1) is 6.43. The van der Waals surface area contributed by atoms with Gasteiger partial charge in [0.1, 0.15) is 5.82 Å². The molecule has 0 aliphatic heterocycles. The molecule has 14 heavy (non-hydrogen) atoms. The van der Waals surface area contributed by atoms with Crippen molar-refractivity contribution in [1.29, 1.82) is 0 Å². The van der Waals surface area contributed by atoms with Gasteiger partial charge in [-0.15, -0.1) is 0 Å². The molecule has 0 bridgehead atoms. The van der Waals surface area contributed by atoms with Gasteiger partial charge in [0.05, 0.1) is 10.6 Å². The maximum Gasteiger partial charge on any atom is 0.143 e. The molecule has 0 radical (unpaired) electrons. The number of benzene rings is 1. The summed E-state index contributed by atoms with van der Waals surface area (Å²) in [7, 11) is 0. The molecule has 0 fully saturated rings.